The van der Waals surface area contributed by atoms with Gasteiger partial charge in [-0.3, -0.25) is 0 Å². The van der Waals surface area contributed by atoms with Crippen molar-refractivity contribution >= 4 is 17.7 Å². The average Bonchev–Trinajstić information content (AvgIpc) is 2.67. The molecule has 1 unspecified atom stereocenters. The van der Waals surface area contributed by atoms with Crippen molar-refractivity contribution in [1.29, 1.82) is 0 Å². The Morgan fingerprint density at radius 3 is 2.47 bits per heavy atom. The van der Waals surface area contributed by atoms with Crippen molar-refractivity contribution in [2.24, 2.45) is 5.92 Å². The van der Waals surface area contributed by atoms with Crippen LogP contribution in [0.3, 0.4) is 0 Å². The lowest BCUT2D eigenvalue weighted by molar-refractivity contribution is 0.0485. The van der Waals surface area contributed by atoms with Crippen LogP contribution in [0, 0.1) is 5.92 Å². The SMILES string of the molecule is C=CCc1c(NC(C)C2CCC(NC(=O)OC(C)(C)C)CC2)cccc1C(=O)OC. The molecule has 0 aliphatic heterocycles. The fourth-order valence-electron chi connectivity index (χ4n) is 3.99. The van der Waals surface area contributed by atoms with Crippen LogP contribution >= 0.6 is 0 Å². The molecule has 0 bridgehead atoms. The summed E-state index contributed by atoms with van der Waals surface area (Å²) < 4.78 is 10.3. The zero-order valence-electron chi connectivity index (χ0n) is 18.9. The molecule has 30 heavy (non-hydrogen) atoms. The van der Waals surface area contributed by atoms with Gasteiger partial charge in [0.1, 0.15) is 5.60 Å². The number of amides is 1. The van der Waals surface area contributed by atoms with Gasteiger partial charge in [-0.05, 0) is 83.4 Å². The van der Waals surface area contributed by atoms with E-state index in [0.717, 1.165) is 36.9 Å². The first-order valence-electron chi connectivity index (χ1n) is 10.7. The smallest absolute Gasteiger partial charge is 0.407 e. The number of carbonyl (C=O) groups excluding carboxylic acids is 2. The molecular formula is C24H36N2O4. The van der Waals surface area contributed by atoms with Crippen molar-refractivity contribution in [3.05, 3.63) is 42.0 Å². The second-order valence-electron chi connectivity index (χ2n) is 9.01. The van der Waals surface area contributed by atoms with E-state index in [1.807, 2.05) is 32.9 Å². The first kappa shape index (κ1) is 23.8. The van der Waals surface area contributed by atoms with Crippen LogP contribution < -0.4 is 10.6 Å². The normalized spacial score (nSPS) is 20.0. The van der Waals surface area contributed by atoms with Crippen molar-refractivity contribution in [1.82, 2.24) is 5.32 Å². The summed E-state index contributed by atoms with van der Waals surface area (Å²) in [6, 6.07) is 6.05. The van der Waals surface area contributed by atoms with E-state index in [0.29, 0.717) is 17.9 Å². The van der Waals surface area contributed by atoms with Crippen LogP contribution in [0.2, 0.25) is 0 Å². The standard InChI is InChI=1S/C24H36N2O4/c1-7-9-19-20(22(27)29-6)10-8-11-21(19)25-16(2)17-12-14-18(15-13-17)26-23(28)30-24(3,4)5/h7-8,10-11,16-18,25H,1,9,12-15H2,2-6H3,(H,26,28). The Balaban J connectivity index is 1.96. The highest BCUT2D eigenvalue weighted by molar-refractivity contribution is 5.93. The Morgan fingerprint density at radius 1 is 1.23 bits per heavy atom. The molecule has 0 radical (unpaired) electrons. The second kappa shape index (κ2) is 10.5. The largest absolute Gasteiger partial charge is 0.465 e. The number of hydrogen-bond donors (Lipinski definition) is 2. The van der Waals surface area contributed by atoms with Crippen LogP contribution in [-0.2, 0) is 15.9 Å². The molecule has 0 aromatic heterocycles. The minimum absolute atomic E-state index is 0.155. The molecule has 1 aliphatic rings. The van der Waals surface area contributed by atoms with Gasteiger partial charge in [0.25, 0.3) is 0 Å². The number of hydrogen-bond acceptors (Lipinski definition) is 5. The molecule has 1 aromatic rings. The molecule has 6 heteroatoms. The molecule has 2 N–H and O–H groups in total. The highest BCUT2D eigenvalue weighted by Gasteiger charge is 2.28. The highest BCUT2D eigenvalue weighted by Crippen LogP contribution is 2.30. The molecular weight excluding hydrogens is 380 g/mol. The maximum atomic E-state index is 12.1. The minimum Gasteiger partial charge on any atom is -0.465 e. The fourth-order valence-corrected chi connectivity index (χ4v) is 3.99. The maximum Gasteiger partial charge on any atom is 0.407 e. The number of benzene rings is 1. The maximum absolute atomic E-state index is 12.1. The Labute approximate surface area is 180 Å². The van der Waals surface area contributed by atoms with Crippen LogP contribution in [0.25, 0.3) is 0 Å². The molecule has 6 nitrogen and oxygen atoms in total. The molecule has 0 spiro atoms. The van der Waals surface area contributed by atoms with Gasteiger partial charge in [0.15, 0.2) is 0 Å². The predicted octanol–water partition coefficient (Wildman–Crippen LogP) is 5.09. The molecule has 0 saturated heterocycles. The number of nitrogens with one attached hydrogen (secondary N) is 2. The zero-order valence-corrected chi connectivity index (χ0v) is 18.9. The first-order chi connectivity index (χ1) is 14.1. The monoisotopic (exact) mass is 416 g/mol. The van der Waals surface area contributed by atoms with Crippen molar-refractivity contribution < 1.29 is 19.1 Å². The second-order valence-corrected chi connectivity index (χ2v) is 9.01. The number of alkyl carbamates (subject to hydrolysis) is 1. The summed E-state index contributed by atoms with van der Waals surface area (Å²) >= 11 is 0. The van der Waals surface area contributed by atoms with Gasteiger partial charge in [-0.1, -0.05) is 12.1 Å². The molecule has 1 aliphatic carbocycles. The van der Waals surface area contributed by atoms with Crippen LogP contribution in [0.15, 0.2) is 30.9 Å². The van der Waals surface area contributed by atoms with Crippen LogP contribution in [0.4, 0.5) is 10.5 Å². The Bertz CT molecular complexity index is 746. The lowest BCUT2D eigenvalue weighted by Gasteiger charge is -2.34. The van der Waals surface area contributed by atoms with E-state index in [-0.39, 0.29) is 24.1 Å². The fraction of sp³-hybridized carbons (Fsp3) is 0.583. The van der Waals surface area contributed by atoms with Crippen molar-refractivity contribution in [3.63, 3.8) is 0 Å². The first-order valence-corrected chi connectivity index (χ1v) is 10.7. The topological polar surface area (TPSA) is 76.7 Å². The van der Waals surface area contributed by atoms with E-state index in [9.17, 15) is 9.59 Å². The third-order valence-electron chi connectivity index (χ3n) is 5.51. The van der Waals surface area contributed by atoms with Gasteiger partial charge in [-0.2, -0.15) is 0 Å². The van der Waals surface area contributed by atoms with Crippen LogP contribution in [0.5, 0.6) is 0 Å². The molecule has 166 valence electrons. The molecule has 0 heterocycles. The Morgan fingerprint density at radius 2 is 1.90 bits per heavy atom. The molecule has 1 amide bonds. The number of esters is 1. The van der Waals surface area contributed by atoms with Crippen LogP contribution in [0.1, 0.15) is 69.3 Å². The number of allylic oxidation sites excluding steroid dienone is 1. The number of ether oxygens (including phenoxy) is 2. The summed E-state index contributed by atoms with van der Waals surface area (Å²) in [5.41, 5.74) is 1.94. The van der Waals surface area contributed by atoms with Crippen molar-refractivity contribution in [2.75, 3.05) is 12.4 Å². The van der Waals surface area contributed by atoms with Gasteiger partial charge in [0.2, 0.25) is 0 Å². The molecule has 1 aromatic carbocycles. The lowest BCUT2D eigenvalue weighted by Crippen LogP contribution is -2.42. The van der Waals surface area contributed by atoms with E-state index in [1.165, 1.54) is 7.11 Å². The summed E-state index contributed by atoms with van der Waals surface area (Å²) in [4.78, 5) is 24.1. The van der Waals surface area contributed by atoms with Gasteiger partial charge in [-0.15, -0.1) is 6.58 Å². The van der Waals surface area contributed by atoms with Crippen LogP contribution in [-0.4, -0.2) is 36.9 Å². The van der Waals surface area contributed by atoms with E-state index >= 15 is 0 Å². The Kier molecular flexibility index (Phi) is 8.33. The number of anilines is 1. The Hall–Kier alpha value is -2.50. The summed E-state index contributed by atoms with van der Waals surface area (Å²) in [6.45, 7) is 11.6. The van der Waals surface area contributed by atoms with Crippen molar-refractivity contribution in [3.8, 4) is 0 Å². The molecule has 2 rings (SSSR count). The lowest BCUT2D eigenvalue weighted by atomic mass is 9.82. The van der Waals surface area contributed by atoms with Gasteiger partial charge in [0, 0.05) is 17.8 Å². The van der Waals surface area contributed by atoms with E-state index in [4.69, 9.17) is 9.47 Å². The summed E-state index contributed by atoms with van der Waals surface area (Å²) in [7, 11) is 1.40. The van der Waals surface area contributed by atoms with E-state index in [1.54, 1.807) is 12.1 Å². The quantitative estimate of drug-likeness (QED) is 0.478. The third kappa shape index (κ3) is 6.78. The average molecular weight is 417 g/mol. The van der Waals surface area contributed by atoms with E-state index < -0.39 is 5.60 Å². The third-order valence-corrected chi connectivity index (χ3v) is 5.51. The van der Waals surface area contributed by atoms with Gasteiger partial charge in [0.05, 0.1) is 12.7 Å². The number of carbonyl (C=O) groups is 2. The summed E-state index contributed by atoms with van der Waals surface area (Å²) in [6.07, 6.45) is 5.93. The van der Waals surface area contributed by atoms with Gasteiger partial charge >= 0.3 is 12.1 Å². The number of methoxy groups -OCH3 is 1. The highest BCUT2D eigenvalue weighted by atomic mass is 16.6. The summed E-state index contributed by atoms with van der Waals surface area (Å²) in [5, 5.41) is 6.60. The molecule has 1 fully saturated rings. The molecule has 1 saturated carbocycles. The summed E-state index contributed by atoms with van der Waals surface area (Å²) in [5.74, 6) is 0.150. The minimum atomic E-state index is -0.485. The van der Waals surface area contributed by atoms with Gasteiger partial charge < -0.3 is 20.1 Å². The van der Waals surface area contributed by atoms with Crippen molar-refractivity contribution in [2.45, 2.75) is 77.5 Å². The molecule has 1 atom stereocenters. The predicted molar refractivity (Wildman–Crippen MR) is 120 cm³/mol. The number of rotatable bonds is 7. The zero-order chi connectivity index (χ0) is 22.3. The van der Waals surface area contributed by atoms with Gasteiger partial charge in [-0.25, -0.2) is 9.59 Å². The van der Waals surface area contributed by atoms with E-state index in [2.05, 4.69) is 24.1 Å².